The number of furan rings is 1. The fraction of sp³-hybridized carbons (Fsp3) is 0. The van der Waals surface area contributed by atoms with E-state index in [4.69, 9.17) is 19.4 Å². The van der Waals surface area contributed by atoms with Crippen LogP contribution in [0.1, 0.15) is 0 Å². The number of fused-ring (bicyclic) bond motifs is 11. The van der Waals surface area contributed by atoms with Crippen molar-refractivity contribution in [1.82, 2.24) is 15.0 Å². The zero-order chi connectivity index (χ0) is 37.5. The van der Waals surface area contributed by atoms with Gasteiger partial charge in [0.25, 0.3) is 0 Å². The molecule has 3 heterocycles. The maximum absolute atomic E-state index is 6.50. The predicted molar refractivity (Wildman–Crippen MR) is 236 cm³/mol. The molecule has 4 nitrogen and oxygen atoms in total. The summed E-state index contributed by atoms with van der Waals surface area (Å²) in [5.74, 6) is 0.631. The third-order valence-electron chi connectivity index (χ3n) is 11.5. The number of para-hydroxylation sites is 3. The highest BCUT2D eigenvalue weighted by Gasteiger charge is 2.22. The second kappa shape index (κ2) is 12.4. The molecule has 0 N–H and O–H groups in total. The summed E-state index contributed by atoms with van der Waals surface area (Å²) in [6.45, 7) is 0. The van der Waals surface area contributed by atoms with Gasteiger partial charge in [0.2, 0.25) is 0 Å². The molecule has 0 aliphatic rings. The molecular weight excluding hydrogens is 695 g/mol. The van der Waals surface area contributed by atoms with Crippen molar-refractivity contribution in [3.8, 4) is 45.0 Å². The van der Waals surface area contributed by atoms with E-state index in [1.165, 1.54) is 21.7 Å². The molecule has 12 rings (SSSR count). The Kier molecular flexibility index (Phi) is 6.89. The summed E-state index contributed by atoms with van der Waals surface area (Å²) in [6.07, 6.45) is 0. The van der Waals surface area contributed by atoms with Gasteiger partial charge in [-0.05, 0) is 69.1 Å². The first-order chi connectivity index (χ1) is 28.3. The predicted octanol–water partition coefficient (Wildman–Crippen LogP) is 14.2. The van der Waals surface area contributed by atoms with Gasteiger partial charge < -0.3 is 4.42 Å². The van der Waals surface area contributed by atoms with Crippen LogP contribution >= 0.6 is 0 Å². The lowest BCUT2D eigenvalue weighted by Crippen LogP contribution is -1.98. The summed E-state index contributed by atoms with van der Waals surface area (Å²) in [5.41, 5.74) is 10.6. The van der Waals surface area contributed by atoms with E-state index in [1.54, 1.807) is 0 Å². The van der Waals surface area contributed by atoms with Crippen LogP contribution in [0, 0.1) is 0 Å². The first kappa shape index (κ1) is 31.6. The third-order valence-corrected chi connectivity index (χ3v) is 11.5. The number of pyridine rings is 1. The van der Waals surface area contributed by atoms with Crippen LogP contribution in [0.3, 0.4) is 0 Å². The molecule has 0 spiro atoms. The van der Waals surface area contributed by atoms with Gasteiger partial charge in [-0.25, -0.2) is 15.0 Å². The minimum atomic E-state index is 0.631. The van der Waals surface area contributed by atoms with E-state index in [0.29, 0.717) is 5.82 Å². The lowest BCUT2D eigenvalue weighted by atomic mass is 9.91. The molecule has 0 amide bonds. The summed E-state index contributed by atoms with van der Waals surface area (Å²) in [6, 6.07) is 66.0. The van der Waals surface area contributed by atoms with E-state index < -0.39 is 0 Å². The normalized spacial score (nSPS) is 11.9. The number of benzene rings is 9. The zero-order valence-corrected chi connectivity index (χ0v) is 30.6. The molecule has 264 valence electrons. The van der Waals surface area contributed by atoms with Gasteiger partial charge in [0.15, 0.2) is 5.82 Å². The number of hydrogen-bond acceptors (Lipinski definition) is 4. The molecule has 12 aromatic rings. The summed E-state index contributed by atoms with van der Waals surface area (Å²) in [4.78, 5) is 16.3. The van der Waals surface area contributed by atoms with Crippen molar-refractivity contribution in [3.05, 3.63) is 188 Å². The molecule has 3 aromatic heterocycles. The number of rotatable bonds is 4. The number of hydrogen-bond donors (Lipinski definition) is 0. The summed E-state index contributed by atoms with van der Waals surface area (Å²) < 4.78 is 6.50. The Balaban J connectivity index is 1.18. The highest BCUT2D eigenvalue weighted by molar-refractivity contribution is 6.30. The van der Waals surface area contributed by atoms with Crippen LogP contribution < -0.4 is 0 Å². The standard InChI is InChI=1S/C53H31N3O/c1-2-13-32(14-3-1)33-25-27-34(28-26-33)50-39-19-8-10-23-45(39)54-53(56-50)43-22-12-21-41-48-42(29-30-47-49(48)40-20-9-11-24-46(40)57-47)52(55-51(41)43)44-31-35-15-4-5-16-36(35)37-17-6-7-18-38(37)44/h1-31H. The summed E-state index contributed by atoms with van der Waals surface area (Å²) in [7, 11) is 0. The van der Waals surface area contributed by atoms with Gasteiger partial charge in [0, 0.05) is 49.0 Å². The van der Waals surface area contributed by atoms with Gasteiger partial charge >= 0.3 is 0 Å². The second-order valence-corrected chi connectivity index (χ2v) is 14.7. The Labute approximate surface area is 327 Å². The minimum Gasteiger partial charge on any atom is -0.456 e. The molecule has 4 heteroatoms. The van der Waals surface area contributed by atoms with Gasteiger partial charge in [-0.1, -0.05) is 152 Å². The molecule has 0 bridgehead atoms. The van der Waals surface area contributed by atoms with Crippen LogP contribution in [0.25, 0.3) is 121 Å². The average molecular weight is 726 g/mol. The average Bonchev–Trinajstić information content (AvgIpc) is 3.67. The molecule has 0 saturated heterocycles. The number of aromatic nitrogens is 3. The van der Waals surface area contributed by atoms with E-state index >= 15 is 0 Å². The molecular formula is C53H31N3O. The SMILES string of the molecule is c1ccc(-c2ccc(-c3nc(-c4cccc5c4nc(-c4cc6ccccc6c6ccccc46)c4ccc6oc7ccccc7c6c45)nc4ccccc34)cc2)cc1. The van der Waals surface area contributed by atoms with Crippen LogP contribution in [0.4, 0.5) is 0 Å². The lowest BCUT2D eigenvalue weighted by molar-refractivity contribution is 0.669. The Morgan fingerprint density at radius 1 is 0.333 bits per heavy atom. The number of nitrogens with zero attached hydrogens (tertiary/aromatic N) is 3. The van der Waals surface area contributed by atoms with E-state index in [2.05, 4.69) is 164 Å². The lowest BCUT2D eigenvalue weighted by Gasteiger charge is -2.16. The molecule has 0 unspecified atom stereocenters. The molecule has 9 aromatic carbocycles. The zero-order valence-electron chi connectivity index (χ0n) is 30.6. The van der Waals surface area contributed by atoms with E-state index in [0.717, 1.165) is 93.5 Å². The fourth-order valence-electron chi connectivity index (χ4n) is 8.84. The van der Waals surface area contributed by atoms with Crippen molar-refractivity contribution >= 4 is 76.1 Å². The largest absolute Gasteiger partial charge is 0.456 e. The molecule has 0 radical (unpaired) electrons. The Bertz CT molecular complexity index is 3570. The first-order valence-electron chi connectivity index (χ1n) is 19.3. The summed E-state index contributed by atoms with van der Waals surface area (Å²) >= 11 is 0. The first-order valence-corrected chi connectivity index (χ1v) is 19.3. The molecule has 0 fully saturated rings. The maximum atomic E-state index is 6.50. The fourth-order valence-corrected chi connectivity index (χ4v) is 8.84. The van der Waals surface area contributed by atoms with E-state index in [1.807, 2.05) is 24.3 Å². The van der Waals surface area contributed by atoms with Crippen LogP contribution in [0.2, 0.25) is 0 Å². The topological polar surface area (TPSA) is 51.8 Å². The van der Waals surface area contributed by atoms with Crippen molar-refractivity contribution in [2.45, 2.75) is 0 Å². The van der Waals surface area contributed by atoms with Crippen molar-refractivity contribution in [1.29, 1.82) is 0 Å². The van der Waals surface area contributed by atoms with Gasteiger partial charge in [-0.3, -0.25) is 0 Å². The van der Waals surface area contributed by atoms with Crippen LogP contribution in [0.5, 0.6) is 0 Å². The van der Waals surface area contributed by atoms with Crippen LogP contribution in [0.15, 0.2) is 192 Å². The van der Waals surface area contributed by atoms with Crippen LogP contribution in [-0.4, -0.2) is 15.0 Å². The van der Waals surface area contributed by atoms with E-state index in [-0.39, 0.29) is 0 Å². The highest BCUT2D eigenvalue weighted by Crippen LogP contribution is 2.45. The minimum absolute atomic E-state index is 0.631. The molecule has 0 aliphatic carbocycles. The van der Waals surface area contributed by atoms with Crippen molar-refractivity contribution < 1.29 is 4.42 Å². The Hall–Kier alpha value is -7.69. The smallest absolute Gasteiger partial charge is 0.162 e. The molecule has 0 saturated carbocycles. The third kappa shape index (κ3) is 4.91. The molecule has 0 atom stereocenters. The maximum Gasteiger partial charge on any atom is 0.162 e. The molecule has 57 heavy (non-hydrogen) atoms. The Morgan fingerprint density at radius 2 is 1.00 bits per heavy atom. The van der Waals surface area contributed by atoms with Crippen molar-refractivity contribution in [3.63, 3.8) is 0 Å². The van der Waals surface area contributed by atoms with Gasteiger partial charge in [-0.15, -0.1) is 0 Å². The van der Waals surface area contributed by atoms with Gasteiger partial charge in [0.05, 0.1) is 22.4 Å². The van der Waals surface area contributed by atoms with Crippen molar-refractivity contribution in [2.75, 3.05) is 0 Å². The monoisotopic (exact) mass is 725 g/mol. The molecule has 0 aliphatic heterocycles. The second-order valence-electron chi connectivity index (χ2n) is 14.7. The van der Waals surface area contributed by atoms with Crippen LogP contribution in [-0.2, 0) is 0 Å². The quantitative estimate of drug-likeness (QED) is 0.170. The Morgan fingerprint density at radius 3 is 1.86 bits per heavy atom. The van der Waals surface area contributed by atoms with Gasteiger partial charge in [0.1, 0.15) is 11.2 Å². The highest BCUT2D eigenvalue weighted by atomic mass is 16.3. The van der Waals surface area contributed by atoms with Gasteiger partial charge in [-0.2, -0.15) is 0 Å². The summed E-state index contributed by atoms with van der Waals surface area (Å²) in [5, 5.41) is 11.1. The van der Waals surface area contributed by atoms with Crippen molar-refractivity contribution in [2.24, 2.45) is 0 Å². The van der Waals surface area contributed by atoms with E-state index in [9.17, 15) is 0 Å².